The van der Waals surface area contributed by atoms with Gasteiger partial charge in [-0.3, -0.25) is 4.90 Å². The van der Waals surface area contributed by atoms with E-state index in [0.717, 1.165) is 18.7 Å². The first kappa shape index (κ1) is 19.4. The molecule has 2 aliphatic rings. The van der Waals surface area contributed by atoms with Crippen molar-refractivity contribution in [1.29, 1.82) is 0 Å². The highest BCUT2D eigenvalue weighted by molar-refractivity contribution is 5.32. The first-order chi connectivity index (χ1) is 13.5. The summed E-state index contributed by atoms with van der Waals surface area (Å²) in [5.74, 6) is -0.571. The highest BCUT2D eigenvalue weighted by atomic mass is 19.1. The Labute approximate surface area is 162 Å². The van der Waals surface area contributed by atoms with Gasteiger partial charge in [0, 0.05) is 25.2 Å². The minimum Gasteiger partial charge on any atom is -0.394 e. The van der Waals surface area contributed by atoms with Crippen LogP contribution in [0.3, 0.4) is 0 Å². The maximum absolute atomic E-state index is 14.5. The molecule has 0 amide bonds. The third-order valence-corrected chi connectivity index (χ3v) is 5.57. The molecule has 5 atom stereocenters. The van der Waals surface area contributed by atoms with Crippen LogP contribution in [0.2, 0.25) is 0 Å². The van der Waals surface area contributed by atoms with Crippen LogP contribution < -0.4 is 0 Å². The molecule has 0 saturated carbocycles. The van der Waals surface area contributed by atoms with Gasteiger partial charge in [-0.15, -0.1) is 0 Å². The lowest BCUT2D eigenvalue weighted by Crippen LogP contribution is -2.55. The quantitative estimate of drug-likeness (QED) is 0.620. The normalized spacial score (nSPS) is 30.4. The summed E-state index contributed by atoms with van der Waals surface area (Å²) < 4.78 is 20.0. The third-order valence-electron chi connectivity index (χ3n) is 5.57. The summed E-state index contributed by atoms with van der Waals surface area (Å²) in [6.45, 7) is 1.67. The number of benzene rings is 2. The monoisotopic (exact) mass is 389 g/mol. The molecule has 1 saturated heterocycles. The van der Waals surface area contributed by atoms with Gasteiger partial charge in [-0.1, -0.05) is 30.3 Å². The summed E-state index contributed by atoms with van der Waals surface area (Å²) in [6.07, 6.45) is -6.75. The van der Waals surface area contributed by atoms with E-state index in [2.05, 4.69) is 17.0 Å². The molecular weight excluding hydrogens is 365 g/mol. The van der Waals surface area contributed by atoms with Crippen LogP contribution in [0.1, 0.15) is 28.4 Å². The molecule has 150 valence electrons. The predicted octanol–water partition coefficient (Wildman–Crippen LogP) is 0.856. The molecule has 1 fully saturated rings. The number of nitrogens with zero attached hydrogens (tertiary/aromatic N) is 1. The zero-order valence-corrected chi connectivity index (χ0v) is 15.3. The fourth-order valence-electron chi connectivity index (χ4n) is 4.04. The molecule has 0 spiro atoms. The van der Waals surface area contributed by atoms with Crippen LogP contribution in [0, 0.1) is 5.82 Å². The molecule has 0 aromatic heterocycles. The Balaban J connectivity index is 1.54. The van der Waals surface area contributed by atoms with Crippen LogP contribution >= 0.6 is 0 Å². The van der Waals surface area contributed by atoms with E-state index in [1.54, 1.807) is 12.1 Å². The minimum absolute atomic E-state index is 0.103. The average Bonchev–Trinajstić information content (AvgIpc) is 3.10. The number of halogens is 1. The molecule has 4 rings (SSSR count). The van der Waals surface area contributed by atoms with Crippen molar-refractivity contribution in [2.45, 2.75) is 50.2 Å². The highest BCUT2D eigenvalue weighted by Gasteiger charge is 2.44. The van der Waals surface area contributed by atoms with E-state index in [1.165, 1.54) is 17.2 Å². The van der Waals surface area contributed by atoms with E-state index < -0.39 is 42.9 Å². The number of fused-ring (bicyclic) bond motifs is 1. The Kier molecular flexibility index (Phi) is 5.46. The van der Waals surface area contributed by atoms with Gasteiger partial charge >= 0.3 is 0 Å². The first-order valence-corrected chi connectivity index (χ1v) is 9.36. The largest absolute Gasteiger partial charge is 0.394 e. The van der Waals surface area contributed by atoms with Gasteiger partial charge in [-0.2, -0.15) is 0 Å². The van der Waals surface area contributed by atoms with Crippen LogP contribution in [0.5, 0.6) is 0 Å². The molecule has 4 N–H and O–H groups in total. The lowest BCUT2D eigenvalue weighted by molar-refractivity contribution is -0.232. The van der Waals surface area contributed by atoms with Gasteiger partial charge in [0.15, 0.2) is 0 Å². The van der Waals surface area contributed by atoms with Crippen molar-refractivity contribution >= 4 is 0 Å². The maximum Gasteiger partial charge on any atom is 0.129 e. The summed E-state index contributed by atoms with van der Waals surface area (Å²) in [7, 11) is 0. The van der Waals surface area contributed by atoms with Crippen LogP contribution in [0.4, 0.5) is 4.39 Å². The van der Waals surface area contributed by atoms with E-state index in [0.29, 0.717) is 6.54 Å². The predicted molar refractivity (Wildman–Crippen MR) is 98.5 cm³/mol. The van der Waals surface area contributed by atoms with Crippen LogP contribution in [-0.2, 0) is 24.4 Å². The molecule has 2 heterocycles. The summed E-state index contributed by atoms with van der Waals surface area (Å²) >= 11 is 0. The molecule has 0 bridgehead atoms. The lowest BCUT2D eigenvalue weighted by Gasteiger charge is -2.40. The molecule has 2 aromatic rings. The van der Waals surface area contributed by atoms with Gasteiger partial charge in [0.1, 0.15) is 36.3 Å². The second kappa shape index (κ2) is 7.87. The van der Waals surface area contributed by atoms with Crippen LogP contribution in [-0.4, -0.2) is 56.3 Å². The molecular formula is C21H24FNO5. The second-order valence-corrected chi connectivity index (χ2v) is 7.52. The zero-order chi connectivity index (χ0) is 19.8. The standard InChI is InChI=1S/C21H24FNO5/c22-16-6-5-12(8-23-9-13-3-1-2-4-14(13)10-23)7-15(16)21-20(27)19(26)18(25)17(11-24)28-21/h1-7,17-21,24-27H,8-11H2. The van der Waals surface area contributed by atoms with Crippen molar-refractivity contribution in [2.24, 2.45) is 0 Å². The van der Waals surface area contributed by atoms with Crippen LogP contribution in [0.25, 0.3) is 0 Å². The summed E-state index contributed by atoms with van der Waals surface area (Å²) in [5.41, 5.74) is 3.50. The molecule has 5 unspecified atom stereocenters. The number of rotatable bonds is 4. The van der Waals surface area contributed by atoms with Crippen molar-refractivity contribution in [2.75, 3.05) is 6.61 Å². The van der Waals surface area contributed by atoms with E-state index in [9.17, 15) is 24.8 Å². The van der Waals surface area contributed by atoms with E-state index >= 15 is 0 Å². The van der Waals surface area contributed by atoms with E-state index in [1.807, 2.05) is 12.1 Å². The topological polar surface area (TPSA) is 93.4 Å². The Morgan fingerprint density at radius 3 is 2.29 bits per heavy atom. The van der Waals surface area contributed by atoms with Gasteiger partial charge < -0.3 is 25.2 Å². The van der Waals surface area contributed by atoms with Gasteiger partial charge in [-0.05, 0) is 28.8 Å². The fraction of sp³-hybridized carbons (Fsp3) is 0.429. The SMILES string of the molecule is OCC1OC(c2cc(CN3Cc4ccccc4C3)ccc2F)C(O)C(O)C1O. The minimum atomic E-state index is -1.54. The lowest BCUT2D eigenvalue weighted by atomic mass is 9.90. The number of hydrogen-bond acceptors (Lipinski definition) is 6. The molecule has 7 heteroatoms. The Bertz CT molecular complexity index is 820. The molecule has 0 aliphatic carbocycles. The van der Waals surface area contributed by atoms with Crippen molar-refractivity contribution in [1.82, 2.24) is 4.90 Å². The van der Waals surface area contributed by atoms with Crippen molar-refractivity contribution in [3.8, 4) is 0 Å². The van der Waals surface area contributed by atoms with E-state index in [-0.39, 0.29) is 5.56 Å². The molecule has 2 aromatic carbocycles. The van der Waals surface area contributed by atoms with Gasteiger partial charge in [0.2, 0.25) is 0 Å². The number of aliphatic hydroxyl groups is 4. The third kappa shape index (κ3) is 3.57. The molecule has 28 heavy (non-hydrogen) atoms. The fourth-order valence-corrected chi connectivity index (χ4v) is 4.04. The maximum atomic E-state index is 14.5. The summed E-state index contributed by atoms with van der Waals surface area (Å²) in [4.78, 5) is 2.23. The molecule has 6 nitrogen and oxygen atoms in total. The van der Waals surface area contributed by atoms with Crippen LogP contribution in [0.15, 0.2) is 42.5 Å². The zero-order valence-electron chi connectivity index (χ0n) is 15.3. The molecule has 2 aliphatic heterocycles. The highest BCUT2D eigenvalue weighted by Crippen LogP contribution is 2.34. The number of hydrogen-bond donors (Lipinski definition) is 4. The Morgan fingerprint density at radius 2 is 1.64 bits per heavy atom. The summed E-state index contributed by atoms with van der Waals surface area (Å²) in [6, 6.07) is 12.8. The van der Waals surface area contributed by atoms with Crippen molar-refractivity contribution in [3.05, 3.63) is 70.5 Å². The summed E-state index contributed by atoms with van der Waals surface area (Å²) in [5, 5.41) is 39.6. The average molecular weight is 389 g/mol. The van der Waals surface area contributed by atoms with Gasteiger partial charge in [0.05, 0.1) is 6.61 Å². The van der Waals surface area contributed by atoms with Gasteiger partial charge in [-0.25, -0.2) is 4.39 Å². The number of aliphatic hydroxyl groups excluding tert-OH is 4. The van der Waals surface area contributed by atoms with Crippen molar-refractivity contribution < 1.29 is 29.6 Å². The van der Waals surface area contributed by atoms with E-state index in [4.69, 9.17) is 4.74 Å². The Hall–Kier alpha value is -1.87. The van der Waals surface area contributed by atoms with Crippen molar-refractivity contribution in [3.63, 3.8) is 0 Å². The smallest absolute Gasteiger partial charge is 0.129 e. The van der Waals surface area contributed by atoms with Gasteiger partial charge in [0.25, 0.3) is 0 Å². The first-order valence-electron chi connectivity index (χ1n) is 9.36. The second-order valence-electron chi connectivity index (χ2n) is 7.52. The Morgan fingerprint density at radius 1 is 0.964 bits per heavy atom. The number of ether oxygens (including phenoxy) is 1. The molecule has 0 radical (unpaired) electrons.